The summed E-state index contributed by atoms with van der Waals surface area (Å²) in [5, 5.41) is 1.57. The van der Waals surface area contributed by atoms with Crippen LogP contribution in [0.4, 0.5) is 19.3 Å². The van der Waals surface area contributed by atoms with Crippen LogP contribution < -0.4 is 15.5 Å². The number of carbonyl (C=O) groups is 2. The predicted octanol–water partition coefficient (Wildman–Crippen LogP) is 8.89. The largest absolute Gasteiger partial charge is 0.496 e. The fourth-order valence-electron chi connectivity index (χ4n) is 4.88. The first kappa shape index (κ1) is 39.0. The fourth-order valence-corrected chi connectivity index (χ4v) is 6.12. The average Bonchev–Trinajstić information content (AvgIpc) is 2.97. The maximum absolute atomic E-state index is 15.4. The van der Waals surface area contributed by atoms with E-state index in [9.17, 15) is 18.8 Å². The van der Waals surface area contributed by atoms with Crippen LogP contribution in [0, 0.1) is 17.6 Å². The van der Waals surface area contributed by atoms with Gasteiger partial charge in [-0.05, 0) is 68.1 Å². The molecule has 3 aromatic rings. The molecule has 264 valence electrons. The number of methoxy groups -OCH3 is 2. The quantitative estimate of drug-likeness (QED) is 0.127. The molecule has 13 heteroatoms. The van der Waals surface area contributed by atoms with Crippen molar-refractivity contribution in [1.29, 1.82) is 0 Å². The van der Waals surface area contributed by atoms with Gasteiger partial charge in [0.15, 0.2) is 14.1 Å². The second kappa shape index (κ2) is 14.6. The summed E-state index contributed by atoms with van der Waals surface area (Å²) in [6, 6.07) is 3.98. The van der Waals surface area contributed by atoms with E-state index in [4.69, 9.17) is 30.2 Å². The van der Waals surface area contributed by atoms with Crippen LogP contribution in [0.2, 0.25) is 23.2 Å². The molecule has 0 radical (unpaired) electrons. The molecule has 0 saturated carbocycles. The maximum Gasteiger partial charge on any atom is 0.412 e. The predicted molar refractivity (Wildman–Crippen MR) is 187 cm³/mol. The number of halogens is 3. The molecule has 0 unspecified atom stereocenters. The number of aromatic nitrogens is 1. The number of pyridine rings is 1. The average molecular weight is 709 g/mol. The molecule has 0 saturated heterocycles. The number of hydrogen-bond acceptors (Lipinski definition) is 7. The van der Waals surface area contributed by atoms with Crippen molar-refractivity contribution < 1.29 is 37.0 Å². The van der Waals surface area contributed by atoms with Crippen molar-refractivity contribution in [1.82, 2.24) is 4.57 Å². The second-order valence-corrected chi connectivity index (χ2v) is 19.9. The molecular weight excluding hydrogens is 662 g/mol. The van der Waals surface area contributed by atoms with E-state index in [1.807, 2.05) is 18.4 Å². The standard InChI is InChI=1S/C35H47ClF2N2O7Si/c1-19(2)26(18-46-48(11,12)35(6,7)8)40-17-23(32(42)45-10)31(41)22-14-20(27(44-9)16-25(22)40)13-21-15-24(30(38)28(36)29(21)37)39-33(43)47-34(3,4)5/h14-17,19,26H,13,18H2,1-12H3,(H,39,43)/t26-/m1/s1. The van der Waals surface area contributed by atoms with Crippen molar-refractivity contribution in [3.63, 3.8) is 0 Å². The zero-order valence-electron chi connectivity index (χ0n) is 29.8. The number of carbonyl (C=O) groups excluding carboxylic acids is 2. The van der Waals surface area contributed by atoms with Crippen LogP contribution in [0.3, 0.4) is 0 Å². The Bertz CT molecular complexity index is 1760. The highest BCUT2D eigenvalue weighted by Crippen LogP contribution is 2.39. The lowest BCUT2D eigenvalue weighted by Crippen LogP contribution is -2.42. The summed E-state index contributed by atoms with van der Waals surface area (Å²) in [6.45, 7) is 20.0. The highest BCUT2D eigenvalue weighted by Gasteiger charge is 2.38. The lowest BCUT2D eigenvalue weighted by molar-refractivity contribution is 0.0595. The number of ether oxygens (including phenoxy) is 3. The number of amides is 1. The summed E-state index contributed by atoms with van der Waals surface area (Å²) in [5.41, 5.74) is -1.30. The van der Waals surface area contributed by atoms with E-state index >= 15 is 4.39 Å². The highest BCUT2D eigenvalue weighted by atomic mass is 35.5. The van der Waals surface area contributed by atoms with Crippen molar-refractivity contribution in [2.45, 2.75) is 91.6 Å². The van der Waals surface area contributed by atoms with Gasteiger partial charge >= 0.3 is 12.1 Å². The molecule has 0 spiro atoms. The Labute approximate surface area is 287 Å². The van der Waals surface area contributed by atoms with Gasteiger partial charge in [0, 0.05) is 24.1 Å². The van der Waals surface area contributed by atoms with E-state index in [0.29, 0.717) is 23.4 Å². The molecule has 48 heavy (non-hydrogen) atoms. The number of hydrogen-bond donors (Lipinski definition) is 1. The molecule has 2 aromatic carbocycles. The van der Waals surface area contributed by atoms with Gasteiger partial charge in [0.05, 0.1) is 38.1 Å². The summed E-state index contributed by atoms with van der Waals surface area (Å²) in [6.07, 6.45) is 0.327. The van der Waals surface area contributed by atoms with Crippen LogP contribution in [-0.4, -0.2) is 51.4 Å². The molecule has 9 nitrogen and oxygen atoms in total. The van der Waals surface area contributed by atoms with Gasteiger partial charge in [-0.3, -0.25) is 10.1 Å². The fraction of sp³-hybridized carbons (Fsp3) is 0.514. The maximum atomic E-state index is 15.4. The van der Waals surface area contributed by atoms with Crippen LogP contribution in [-0.2, 0) is 20.3 Å². The van der Waals surface area contributed by atoms with E-state index in [-0.39, 0.29) is 45.6 Å². The van der Waals surface area contributed by atoms with E-state index in [0.717, 1.165) is 6.07 Å². The molecule has 1 amide bonds. The Morgan fingerprint density at radius 3 is 2.15 bits per heavy atom. The van der Waals surface area contributed by atoms with Gasteiger partial charge in [-0.25, -0.2) is 18.4 Å². The SMILES string of the molecule is COC(=O)c1cn([C@H](CO[Si](C)(C)C(C)(C)C)C(C)C)c2cc(OC)c(Cc3cc(NC(=O)OC(C)(C)C)c(F)c(Cl)c3F)cc2c1=O. The number of esters is 1. The highest BCUT2D eigenvalue weighted by molar-refractivity contribution is 6.74. The normalized spacial score (nSPS) is 13.1. The number of rotatable bonds is 10. The number of anilines is 1. The number of nitrogens with one attached hydrogen (secondary N) is 1. The topological polar surface area (TPSA) is 105 Å². The monoisotopic (exact) mass is 708 g/mol. The van der Waals surface area contributed by atoms with Crippen LogP contribution in [0.1, 0.15) is 82.9 Å². The van der Waals surface area contributed by atoms with Crippen molar-refractivity contribution in [2.24, 2.45) is 5.92 Å². The summed E-state index contributed by atoms with van der Waals surface area (Å²) >= 11 is 6.02. The van der Waals surface area contributed by atoms with Gasteiger partial charge in [0.2, 0.25) is 5.43 Å². The lowest BCUT2D eigenvalue weighted by atomic mass is 9.98. The summed E-state index contributed by atoms with van der Waals surface area (Å²) in [7, 11) is 0.448. The van der Waals surface area contributed by atoms with E-state index in [1.54, 1.807) is 26.8 Å². The van der Waals surface area contributed by atoms with Crippen molar-refractivity contribution >= 4 is 48.6 Å². The van der Waals surface area contributed by atoms with Crippen LogP contribution >= 0.6 is 11.6 Å². The Balaban J connectivity index is 2.24. The summed E-state index contributed by atoms with van der Waals surface area (Å²) in [4.78, 5) is 39.1. The van der Waals surface area contributed by atoms with Gasteiger partial charge < -0.3 is 23.2 Å². The molecule has 0 aliphatic heterocycles. The molecule has 0 aliphatic carbocycles. The first-order valence-corrected chi connectivity index (χ1v) is 19.0. The van der Waals surface area contributed by atoms with Gasteiger partial charge in [-0.15, -0.1) is 0 Å². The van der Waals surface area contributed by atoms with Crippen molar-refractivity contribution in [3.05, 3.63) is 68.0 Å². The Morgan fingerprint density at radius 2 is 1.62 bits per heavy atom. The van der Waals surface area contributed by atoms with Crippen molar-refractivity contribution in [3.8, 4) is 5.75 Å². The van der Waals surface area contributed by atoms with E-state index in [1.165, 1.54) is 26.5 Å². The first-order valence-electron chi connectivity index (χ1n) is 15.7. The second-order valence-electron chi connectivity index (χ2n) is 14.7. The number of benzene rings is 2. The Kier molecular flexibility index (Phi) is 11.8. The van der Waals surface area contributed by atoms with Crippen LogP contribution in [0.25, 0.3) is 10.9 Å². The number of nitrogens with zero attached hydrogens (tertiary/aromatic N) is 1. The third-order valence-electron chi connectivity index (χ3n) is 8.63. The van der Waals surface area contributed by atoms with Crippen molar-refractivity contribution in [2.75, 3.05) is 26.1 Å². The number of fused-ring (bicyclic) bond motifs is 1. The molecule has 3 rings (SSSR count). The van der Waals surface area contributed by atoms with Gasteiger partial charge in [0.25, 0.3) is 0 Å². The molecule has 0 bridgehead atoms. The molecule has 0 fully saturated rings. The third kappa shape index (κ3) is 8.56. The molecule has 1 atom stereocenters. The zero-order chi connectivity index (χ0) is 36.5. The molecular formula is C35H47ClF2N2O7Si. The Hall–Kier alpha value is -3.48. The first-order chi connectivity index (χ1) is 22.0. The van der Waals surface area contributed by atoms with Crippen LogP contribution in [0.15, 0.2) is 29.2 Å². The van der Waals surface area contributed by atoms with Crippen LogP contribution in [0.5, 0.6) is 5.75 Å². The molecule has 1 heterocycles. The minimum atomic E-state index is -2.18. The van der Waals surface area contributed by atoms with E-state index in [2.05, 4.69) is 39.2 Å². The minimum absolute atomic E-state index is 0.0167. The molecule has 0 aliphatic rings. The summed E-state index contributed by atoms with van der Waals surface area (Å²) in [5.74, 6) is -2.71. The summed E-state index contributed by atoms with van der Waals surface area (Å²) < 4.78 is 54.7. The minimum Gasteiger partial charge on any atom is -0.496 e. The van der Waals surface area contributed by atoms with Gasteiger partial charge in [-0.1, -0.05) is 46.2 Å². The molecule has 1 N–H and O–H groups in total. The lowest BCUT2D eigenvalue weighted by Gasteiger charge is -2.38. The van der Waals surface area contributed by atoms with Gasteiger partial charge in [-0.2, -0.15) is 0 Å². The molecule has 1 aromatic heterocycles. The Morgan fingerprint density at radius 1 is 1.00 bits per heavy atom. The van der Waals surface area contributed by atoms with Gasteiger partial charge in [0.1, 0.15) is 27.8 Å². The smallest absolute Gasteiger partial charge is 0.412 e. The van der Waals surface area contributed by atoms with E-state index < -0.39 is 48.1 Å². The third-order valence-corrected chi connectivity index (χ3v) is 13.5. The zero-order valence-corrected chi connectivity index (χ0v) is 31.6.